The number of hydrogen-bond donors (Lipinski definition) is 2. The van der Waals surface area contributed by atoms with Gasteiger partial charge in [0.1, 0.15) is 13.2 Å². The quantitative estimate of drug-likeness (QED) is 0.0272. The largest absolute Gasteiger partial charge is 0.756 e. The van der Waals surface area contributed by atoms with E-state index in [1.807, 2.05) is 27.2 Å². The summed E-state index contributed by atoms with van der Waals surface area (Å²) in [4.78, 5) is 25.4. The van der Waals surface area contributed by atoms with Gasteiger partial charge in [-0.3, -0.25) is 9.36 Å². The second kappa shape index (κ2) is 55.7. The van der Waals surface area contributed by atoms with Crippen molar-refractivity contribution in [2.45, 2.75) is 341 Å². The fraction of sp³-hybridized carbons (Fsp3) is 0.922. The minimum atomic E-state index is -4.59. The Labute approximate surface area is 455 Å². The van der Waals surface area contributed by atoms with Gasteiger partial charge < -0.3 is 28.8 Å². The highest BCUT2D eigenvalue weighted by Crippen LogP contribution is 2.38. The molecule has 8 nitrogen and oxygen atoms in total. The maximum atomic E-state index is 12.9. The van der Waals surface area contributed by atoms with E-state index in [4.69, 9.17) is 9.05 Å². The van der Waals surface area contributed by atoms with Crippen LogP contribution in [0.1, 0.15) is 328 Å². The molecule has 2 N–H and O–H groups in total. The van der Waals surface area contributed by atoms with E-state index >= 15 is 0 Å². The van der Waals surface area contributed by atoms with Gasteiger partial charge in [-0.2, -0.15) is 0 Å². The predicted octanol–water partition coefficient (Wildman–Crippen LogP) is 19.3. The molecule has 3 atom stereocenters. The molecule has 0 fully saturated rings. The Balaban J connectivity index is 3.74. The number of nitrogens with zero attached hydrogens (tertiary/aromatic N) is 1. The Hall–Kier alpha value is -1.02. The van der Waals surface area contributed by atoms with Crippen molar-refractivity contribution in [1.29, 1.82) is 0 Å². The van der Waals surface area contributed by atoms with Crippen LogP contribution in [0, 0.1) is 0 Å². The lowest BCUT2D eigenvalue weighted by Gasteiger charge is -2.29. The molecule has 0 radical (unpaired) electrons. The molecule has 0 heterocycles. The summed E-state index contributed by atoms with van der Waals surface area (Å²) in [7, 11) is 1.25. The van der Waals surface area contributed by atoms with Gasteiger partial charge in [0.2, 0.25) is 5.91 Å². The van der Waals surface area contributed by atoms with Gasteiger partial charge in [-0.1, -0.05) is 314 Å². The van der Waals surface area contributed by atoms with Crippen LogP contribution in [0.5, 0.6) is 0 Å². The van der Waals surface area contributed by atoms with E-state index in [9.17, 15) is 19.4 Å². The highest BCUT2D eigenvalue weighted by Gasteiger charge is 2.23. The number of hydrogen-bond acceptors (Lipinski definition) is 6. The molecule has 0 saturated carbocycles. The van der Waals surface area contributed by atoms with Crippen molar-refractivity contribution in [3.8, 4) is 0 Å². The lowest BCUT2D eigenvalue weighted by molar-refractivity contribution is -0.870. The lowest BCUT2D eigenvalue weighted by Crippen LogP contribution is -2.45. The van der Waals surface area contributed by atoms with Crippen LogP contribution in [-0.2, 0) is 18.4 Å². The summed E-state index contributed by atoms with van der Waals surface area (Å²) in [5.41, 5.74) is 0. The maximum Gasteiger partial charge on any atom is 0.268 e. The molecule has 0 aliphatic rings. The van der Waals surface area contributed by atoms with Crippen LogP contribution in [0.15, 0.2) is 24.3 Å². The van der Waals surface area contributed by atoms with E-state index in [0.717, 1.165) is 38.5 Å². The Morgan fingerprint density at radius 2 is 0.767 bits per heavy atom. The number of likely N-dealkylation sites (N-methyl/N-ethyl adjacent to an activating group) is 1. The van der Waals surface area contributed by atoms with Gasteiger partial charge in [0.25, 0.3) is 7.82 Å². The summed E-state index contributed by atoms with van der Waals surface area (Å²) in [6.45, 7) is 4.62. The number of unbranched alkanes of at least 4 members (excludes halogenated alkanes) is 45. The Morgan fingerprint density at radius 3 is 1.11 bits per heavy atom. The van der Waals surface area contributed by atoms with E-state index in [2.05, 4.69) is 31.3 Å². The van der Waals surface area contributed by atoms with Gasteiger partial charge in [0.15, 0.2) is 0 Å². The number of rotatable bonds is 60. The summed E-state index contributed by atoms with van der Waals surface area (Å²) in [5.74, 6) is -0.203. The topological polar surface area (TPSA) is 108 Å². The van der Waals surface area contributed by atoms with Crippen LogP contribution in [0.25, 0.3) is 0 Å². The van der Waals surface area contributed by atoms with E-state index in [0.29, 0.717) is 17.4 Å². The molecule has 434 valence electrons. The molecular formula is C64H127N2O6P. The summed E-state index contributed by atoms with van der Waals surface area (Å²) < 4.78 is 23.2. The number of phosphoric acid groups is 1. The molecule has 0 rings (SSSR count). The van der Waals surface area contributed by atoms with Gasteiger partial charge in [-0.05, 0) is 32.1 Å². The molecule has 9 heteroatoms. The number of carbonyl (C=O) groups is 1. The van der Waals surface area contributed by atoms with E-state index < -0.39 is 20.0 Å². The summed E-state index contributed by atoms with van der Waals surface area (Å²) in [5, 5.41) is 13.8. The summed E-state index contributed by atoms with van der Waals surface area (Å²) in [6.07, 6.45) is 72.0. The van der Waals surface area contributed by atoms with Crippen molar-refractivity contribution in [2.75, 3.05) is 40.9 Å². The standard InChI is InChI=1S/C64H127N2O6P/c1-6-8-10-12-14-16-18-19-20-21-22-23-24-25-26-27-28-29-30-31-32-33-34-35-36-37-38-39-40-41-42-43-44-45-46-47-48-50-52-54-56-58-64(68)65-62(61-72-73(69,70)71-60-59-66(3,4)5)63(67)57-55-53-51-49-17-15-13-11-9-7-2/h17,49,55,57,62-63,67H,6-16,18-48,50-54,56,58-61H2,1-5H3,(H-,65,68,69,70)/b49-17+,57-55+. The van der Waals surface area contributed by atoms with Crippen LogP contribution >= 0.6 is 7.82 Å². The first-order chi connectivity index (χ1) is 35.5. The van der Waals surface area contributed by atoms with E-state index in [1.165, 1.54) is 270 Å². The molecular weight excluding hydrogens is 924 g/mol. The second-order valence-corrected chi connectivity index (χ2v) is 24.9. The van der Waals surface area contributed by atoms with Crippen molar-refractivity contribution in [2.24, 2.45) is 0 Å². The smallest absolute Gasteiger partial charge is 0.268 e. The average Bonchev–Trinajstić information content (AvgIpc) is 3.35. The number of amides is 1. The maximum absolute atomic E-state index is 12.9. The first-order valence-corrected chi connectivity index (χ1v) is 33.7. The minimum absolute atomic E-state index is 0.00428. The highest BCUT2D eigenvalue weighted by atomic mass is 31.2. The molecule has 73 heavy (non-hydrogen) atoms. The zero-order valence-corrected chi connectivity index (χ0v) is 50.5. The van der Waals surface area contributed by atoms with E-state index in [-0.39, 0.29) is 19.1 Å². The Bertz CT molecular complexity index is 1240. The van der Waals surface area contributed by atoms with Gasteiger partial charge in [0, 0.05) is 6.42 Å². The number of quaternary nitrogens is 1. The minimum Gasteiger partial charge on any atom is -0.756 e. The average molecular weight is 1050 g/mol. The summed E-state index contributed by atoms with van der Waals surface area (Å²) >= 11 is 0. The Kier molecular flexibility index (Phi) is 54.9. The SMILES string of the molecule is CCCCCC/C=C/CC/C=C/C(O)C(COP(=O)([O-])OCC[N+](C)(C)C)NC(=O)CCCCCCCCCCCCCCCCCCCCCCCCCCCCCCCCCCCCCCCCCCC. The second-order valence-electron chi connectivity index (χ2n) is 23.5. The first-order valence-electron chi connectivity index (χ1n) is 32.2. The number of aliphatic hydroxyl groups excluding tert-OH is 1. The molecule has 0 spiro atoms. The Morgan fingerprint density at radius 1 is 0.466 bits per heavy atom. The monoisotopic (exact) mass is 1050 g/mol. The van der Waals surface area contributed by atoms with Gasteiger partial charge >= 0.3 is 0 Å². The molecule has 0 aromatic carbocycles. The van der Waals surface area contributed by atoms with Crippen molar-refractivity contribution in [3.05, 3.63) is 24.3 Å². The molecule has 1 amide bonds. The number of carbonyl (C=O) groups excluding carboxylic acids is 1. The number of nitrogens with one attached hydrogen (secondary N) is 1. The van der Waals surface area contributed by atoms with Crippen LogP contribution in [0.4, 0.5) is 0 Å². The molecule has 0 aliphatic carbocycles. The van der Waals surface area contributed by atoms with Crippen LogP contribution in [0.2, 0.25) is 0 Å². The van der Waals surface area contributed by atoms with Crippen molar-refractivity contribution < 1.29 is 32.9 Å². The highest BCUT2D eigenvalue weighted by molar-refractivity contribution is 7.45. The molecule has 0 aromatic heterocycles. The van der Waals surface area contributed by atoms with Gasteiger partial charge in [-0.15, -0.1) is 0 Å². The van der Waals surface area contributed by atoms with Gasteiger partial charge in [-0.25, -0.2) is 0 Å². The lowest BCUT2D eigenvalue weighted by atomic mass is 10.0. The van der Waals surface area contributed by atoms with Crippen LogP contribution in [0.3, 0.4) is 0 Å². The molecule has 0 saturated heterocycles. The van der Waals surface area contributed by atoms with Gasteiger partial charge in [0.05, 0.1) is 39.9 Å². The molecule has 3 unspecified atom stereocenters. The summed E-state index contributed by atoms with van der Waals surface area (Å²) in [6, 6.07) is -0.898. The number of aliphatic hydroxyl groups is 1. The third kappa shape index (κ3) is 58.5. The molecule has 0 aromatic rings. The van der Waals surface area contributed by atoms with Crippen LogP contribution in [-0.4, -0.2) is 68.5 Å². The van der Waals surface area contributed by atoms with E-state index in [1.54, 1.807) is 6.08 Å². The van der Waals surface area contributed by atoms with Crippen molar-refractivity contribution >= 4 is 13.7 Å². The third-order valence-electron chi connectivity index (χ3n) is 14.9. The van der Waals surface area contributed by atoms with Crippen LogP contribution < -0.4 is 10.2 Å². The van der Waals surface area contributed by atoms with Crippen molar-refractivity contribution in [1.82, 2.24) is 5.32 Å². The number of allylic oxidation sites excluding steroid dienone is 3. The predicted molar refractivity (Wildman–Crippen MR) is 316 cm³/mol. The first kappa shape index (κ1) is 72.0. The fourth-order valence-electron chi connectivity index (χ4n) is 9.88. The van der Waals surface area contributed by atoms with Crippen molar-refractivity contribution in [3.63, 3.8) is 0 Å². The molecule has 0 aliphatic heterocycles. The zero-order valence-electron chi connectivity index (χ0n) is 49.6. The normalized spacial score (nSPS) is 13.9. The molecule has 0 bridgehead atoms. The zero-order chi connectivity index (χ0) is 53.5. The third-order valence-corrected chi connectivity index (χ3v) is 15.9. The number of phosphoric ester groups is 1. The fourth-order valence-corrected chi connectivity index (χ4v) is 10.6.